The van der Waals surface area contributed by atoms with Gasteiger partial charge in [-0.1, -0.05) is 47.5 Å². The van der Waals surface area contributed by atoms with Gasteiger partial charge in [-0.2, -0.15) is 0 Å². The van der Waals surface area contributed by atoms with Crippen LogP contribution in [-0.4, -0.2) is 76.0 Å². The van der Waals surface area contributed by atoms with Gasteiger partial charge in [-0.05, 0) is 32.4 Å². The van der Waals surface area contributed by atoms with Gasteiger partial charge in [-0.3, -0.25) is 4.79 Å². The molecular weight excluding hydrogens is 510 g/mol. The Labute approximate surface area is 244 Å². The van der Waals surface area contributed by atoms with Gasteiger partial charge in [0.15, 0.2) is 6.29 Å². The van der Waals surface area contributed by atoms with Crippen LogP contribution in [0.4, 0.5) is 4.79 Å². The molecule has 0 rings (SSSR count). The van der Waals surface area contributed by atoms with Crippen molar-refractivity contribution in [3.8, 4) is 23.7 Å². The summed E-state index contributed by atoms with van der Waals surface area (Å²) >= 11 is 0. The number of hydrogen-bond donors (Lipinski definition) is 0. The van der Waals surface area contributed by atoms with Crippen molar-refractivity contribution in [2.24, 2.45) is 5.92 Å². The zero-order chi connectivity index (χ0) is 29.7. The Morgan fingerprint density at radius 3 is 1.80 bits per heavy atom. The molecule has 0 heterocycles. The zero-order valence-corrected chi connectivity index (χ0v) is 25.9. The Kier molecular flexibility index (Phi) is 26.7. The summed E-state index contributed by atoms with van der Waals surface area (Å²) in [6.07, 6.45) is 7.63. The van der Waals surface area contributed by atoms with Crippen molar-refractivity contribution >= 4 is 12.1 Å². The standard InChI is InChI=1S/C32H55NO7/c1-6-10-12-14-16-18-24-36-31(37-25-19-17-15-13-11-7-2)22-21-30(34)39-27-29(5)28-40-32(35)38-26-20-23-33(8-3)9-4/h29,31H,6-13,18-28H2,1-5H3. The highest BCUT2D eigenvalue weighted by Gasteiger charge is 2.15. The van der Waals surface area contributed by atoms with Crippen LogP contribution in [0.5, 0.6) is 0 Å². The molecule has 0 aliphatic heterocycles. The second-order valence-corrected chi connectivity index (χ2v) is 9.70. The molecule has 0 aromatic carbocycles. The second-order valence-electron chi connectivity index (χ2n) is 9.70. The minimum Gasteiger partial charge on any atom is -0.465 e. The van der Waals surface area contributed by atoms with E-state index >= 15 is 0 Å². The molecular formula is C32H55NO7. The summed E-state index contributed by atoms with van der Waals surface area (Å²) < 4.78 is 27.3. The molecule has 1 atom stereocenters. The number of unbranched alkanes of at least 4 members (excludes halogenated alkanes) is 4. The Morgan fingerprint density at radius 1 is 0.700 bits per heavy atom. The molecule has 40 heavy (non-hydrogen) atoms. The van der Waals surface area contributed by atoms with Crippen LogP contribution in [0.1, 0.15) is 105 Å². The van der Waals surface area contributed by atoms with E-state index < -0.39 is 12.4 Å². The van der Waals surface area contributed by atoms with Gasteiger partial charge >= 0.3 is 12.1 Å². The molecule has 0 radical (unpaired) electrons. The highest BCUT2D eigenvalue weighted by atomic mass is 16.7. The molecule has 0 aliphatic carbocycles. The molecule has 8 heteroatoms. The maximum absolute atomic E-state index is 12.3. The van der Waals surface area contributed by atoms with E-state index in [9.17, 15) is 9.59 Å². The van der Waals surface area contributed by atoms with E-state index in [4.69, 9.17) is 23.7 Å². The summed E-state index contributed by atoms with van der Waals surface area (Å²) in [5, 5.41) is 0. The monoisotopic (exact) mass is 565 g/mol. The number of hydrogen-bond acceptors (Lipinski definition) is 8. The third kappa shape index (κ3) is 24.8. The quantitative estimate of drug-likeness (QED) is 0.0613. The molecule has 230 valence electrons. The molecule has 8 nitrogen and oxygen atoms in total. The van der Waals surface area contributed by atoms with Crippen LogP contribution < -0.4 is 0 Å². The van der Waals surface area contributed by atoms with E-state index in [-0.39, 0.29) is 31.5 Å². The Hall–Kier alpha value is -2.26. The fourth-order valence-electron chi connectivity index (χ4n) is 3.41. The van der Waals surface area contributed by atoms with Crippen molar-refractivity contribution < 1.29 is 33.3 Å². The summed E-state index contributed by atoms with van der Waals surface area (Å²) in [6, 6.07) is 0. The SMILES string of the molecule is CCCCC#CCCOC(CCC(=O)OCC(C)COC(=O)OCCCN(CC)CC)OCCC#CCCCC. The van der Waals surface area contributed by atoms with Gasteiger partial charge in [0.2, 0.25) is 0 Å². The van der Waals surface area contributed by atoms with Gasteiger partial charge in [-0.15, -0.1) is 23.7 Å². The Balaban J connectivity index is 4.29. The van der Waals surface area contributed by atoms with Gasteiger partial charge in [0.25, 0.3) is 0 Å². The normalized spacial score (nSPS) is 11.4. The summed E-state index contributed by atoms with van der Waals surface area (Å²) in [7, 11) is 0. The number of carbonyl (C=O) groups is 2. The smallest absolute Gasteiger partial charge is 0.465 e. The maximum atomic E-state index is 12.3. The number of nitrogens with zero attached hydrogens (tertiary/aromatic N) is 1. The number of carbonyl (C=O) groups excluding carboxylic acids is 2. The van der Waals surface area contributed by atoms with Crippen LogP contribution in [0.15, 0.2) is 0 Å². The molecule has 0 saturated carbocycles. The van der Waals surface area contributed by atoms with E-state index in [0.717, 1.165) is 64.6 Å². The fourth-order valence-corrected chi connectivity index (χ4v) is 3.41. The second kappa shape index (κ2) is 28.3. The van der Waals surface area contributed by atoms with Crippen molar-refractivity contribution in [3.63, 3.8) is 0 Å². The maximum Gasteiger partial charge on any atom is 0.508 e. The highest BCUT2D eigenvalue weighted by Crippen LogP contribution is 2.09. The van der Waals surface area contributed by atoms with Crippen molar-refractivity contribution in [3.05, 3.63) is 0 Å². The minimum absolute atomic E-state index is 0.121. The van der Waals surface area contributed by atoms with Crippen LogP contribution in [0.25, 0.3) is 0 Å². The lowest BCUT2D eigenvalue weighted by molar-refractivity contribution is -0.158. The average Bonchev–Trinajstić information content (AvgIpc) is 2.96. The lowest BCUT2D eigenvalue weighted by Gasteiger charge is -2.18. The molecule has 0 aromatic rings. The lowest BCUT2D eigenvalue weighted by Crippen LogP contribution is -2.25. The van der Waals surface area contributed by atoms with Gasteiger partial charge in [0.1, 0.15) is 6.61 Å². The first-order valence-electron chi connectivity index (χ1n) is 15.3. The molecule has 0 bridgehead atoms. The predicted octanol–water partition coefficient (Wildman–Crippen LogP) is 6.36. The zero-order valence-electron chi connectivity index (χ0n) is 25.9. The lowest BCUT2D eigenvalue weighted by atomic mass is 10.2. The first kappa shape index (κ1) is 37.7. The van der Waals surface area contributed by atoms with Crippen LogP contribution in [-0.2, 0) is 28.5 Å². The van der Waals surface area contributed by atoms with E-state index in [1.807, 2.05) is 6.92 Å². The van der Waals surface area contributed by atoms with Crippen molar-refractivity contribution in [2.75, 3.05) is 52.7 Å². The van der Waals surface area contributed by atoms with E-state index in [1.54, 1.807) is 0 Å². The topological polar surface area (TPSA) is 83.5 Å². The van der Waals surface area contributed by atoms with Crippen molar-refractivity contribution in [1.82, 2.24) is 4.90 Å². The third-order valence-corrected chi connectivity index (χ3v) is 5.95. The summed E-state index contributed by atoms with van der Waals surface area (Å²) in [5.74, 6) is 12.0. The first-order chi connectivity index (χ1) is 19.5. The van der Waals surface area contributed by atoms with Gasteiger partial charge in [0.05, 0.1) is 32.8 Å². The van der Waals surface area contributed by atoms with Crippen molar-refractivity contribution in [2.45, 2.75) is 112 Å². The molecule has 1 unspecified atom stereocenters. The largest absolute Gasteiger partial charge is 0.508 e. The van der Waals surface area contributed by atoms with Crippen LogP contribution in [0.2, 0.25) is 0 Å². The molecule has 0 aromatic heterocycles. The summed E-state index contributed by atoms with van der Waals surface area (Å²) in [6.45, 7) is 14.7. The summed E-state index contributed by atoms with van der Waals surface area (Å²) in [5.41, 5.74) is 0. The molecule has 0 spiro atoms. The number of ether oxygens (including phenoxy) is 5. The third-order valence-electron chi connectivity index (χ3n) is 5.95. The minimum atomic E-state index is -0.694. The molecule has 0 fully saturated rings. The Morgan fingerprint density at radius 2 is 1.25 bits per heavy atom. The molecule has 0 saturated heterocycles. The Bertz CT molecular complexity index is 714. The first-order valence-corrected chi connectivity index (χ1v) is 15.3. The molecule has 0 N–H and O–H groups in total. The molecule has 0 aliphatic rings. The highest BCUT2D eigenvalue weighted by molar-refractivity contribution is 5.69. The van der Waals surface area contributed by atoms with E-state index in [2.05, 4.69) is 56.3 Å². The van der Waals surface area contributed by atoms with Crippen LogP contribution in [0, 0.1) is 29.6 Å². The summed E-state index contributed by atoms with van der Waals surface area (Å²) in [4.78, 5) is 26.4. The average molecular weight is 566 g/mol. The molecule has 0 amide bonds. The number of rotatable bonds is 23. The van der Waals surface area contributed by atoms with Gasteiger partial charge in [0, 0.05) is 44.6 Å². The van der Waals surface area contributed by atoms with Crippen LogP contribution in [0.3, 0.4) is 0 Å². The van der Waals surface area contributed by atoms with Gasteiger partial charge in [-0.25, -0.2) is 4.79 Å². The van der Waals surface area contributed by atoms with Gasteiger partial charge < -0.3 is 28.6 Å². The van der Waals surface area contributed by atoms with Crippen LogP contribution >= 0.6 is 0 Å². The van der Waals surface area contributed by atoms with E-state index in [1.165, 1.54) is 0 Å². The van der Waals surface area contributed by atoms with Crippen molar-refractivity contribution in [1.29, 1.82) is 0 Å². The predicted molar refractivity (Wildman–Crippen MR) is 159 cm³/mol. The fraction of sp³-hybridized carbons (Fsp3) is 0.812. The number of esters is 1. The van der Waals surface area contributed by atoms with E-state index in [0.29, 0.717) is 39.1 Å².